The van der Waals surface area contributed by atoms with Gasteiger partial charge < -0.3 is 9.84 Å². The van der Waals surface area contributed by atoms with E-state index in [4.69, 9.17) is 15.4 Å². The van der Waals surface area contributed by atoms with E-state index in [0.29, 0.717) is 0 Å². The van der Waals surface area contributed by atoms with Gasteiger partial charge in [-0.25, -0.2) is 0 Å². The topological polar surface area (TPSA) is 78.2 Å². The predicted octanol–water partition coefficient (Wildman–Crippen LogP) is 1.47. The largest absolute Gasteiger partial charge is 0.391 e. The predicted molar refractivity (Wildman–Crippen MR) is 45.7 cm³/mol. The third kappa shape index (κ3) is 7.34. The third-order valence-corrected chi connectivity index (χ3v) is 1.06. The van der Waals surface area contributed by atoms with E-state index in [2.05, 4.69) is 10.0 Å². The first kappa shape index (κ1) is 11.2. The maximum absolute atomic E-state index is 9.15. The number of aliphatic hydroxyl groups excluding tert-OH is 1. The lowest BCUT2D eigenvalue weighted by molar-refractivity contribution is -0.0459. The lowest BCUT2D eigenvalue weighted by atomic mass is 10.2. The van der Waals surface area contributed by atoms with Gasteiger partial charge in [-0.3, -0.25) is 0 Å². The van der Waals surface area contributed by atoms with Crippen molar-refractivity contribution in [2.24, 2.45) is 5.11 Å². The lowest BCUT2D eigenvalue weighted by Gasteiger charge is -2.21. The van der Waals surface area contributed by atoms with E-state index in [1.54, 1.807) is 0 Å². The van der Waals surface area contributed by atoms with Crippen molar-refractivity contribution >= 4 is 0 Å². The summed E-state index contributed by atoms with van der Waals surface area (Å²) in [6.07, 6.45) is -0.708. The Balaban J connectivity index is 3.57. The van der Waals surface area contributed by atoms with Gasteiger partial charge in [0.2, 0.25) is 0 Å². The highest BCUT2D eigenvalue weighted by Crippen LogP contribution is 2.06. The van der Waals surface area contributed by atoms with Crippen molar-refractivity contribution in [2.75, 3.05) is 13.2 Å². The van der Waals surface area contributed by atoms with Crippen molar-refractivity contribution in [3.05, 3.63) is 10.4 Å². The average molecular weight is 173 g/mol. The van der Waals surface area contributed by atoms with E-state index in [1.807, 2.05) is 20.8 Å². The summed E-state index contributed by atoms with van der Waals surface area (Å²) in [5, 5.41) is 12.4. The van der Waals surface area contributed by atoms with Gasteiger partial charge in [-0.05, 0) is 26.3 Å². The fourth-order valence-corrected chi connectivity index (χ4v) is 0.530. The quantitative estimate of drug-likeness (QED) is 0.397. The van der Waals surface area contributed by atoms with E-state index in [-0.39, 0.29) is 18.8 Å². The summed E-state index contributed by atoms with van der Waals surface area (Å²) < 4.78 is 5.25. The summed E-state index contributed by atoms with van der Waals surface area (Å²) >= 11 is 0. The molecule has 0 aliphatic heterocycles. The lowest BCUT2D eigenvalue weighted by Crippen LogP contribution is -2.27. The molecule has 0 saturated heterocycles. The zero-order valence-electron chi connectivity index (χ0n) is 7.69. The minimum Gasteiger partial charge on any atom is -0.391 e. The van der Waals surface area contributed by atoms with Crippen LogP contribution in [-0.4, -0.2) is 30.0 Å². The second kappa shape index (κ2) is 4.98. The molecule has 70 valence electrons. The van der Waals surface area contributed by atoms with Crippen LogP contribution in [0.3, 0.4) is 0 Å². The maximum atomic E-state index is 9.15. The summed E-state index contributed by atoms with van der Waals surface area (Å²) in [5.74, 6) is 0. The molecule has 0 unspecified atom stereocenters. The second-order valence-corrected chi connectivity index (χ2v) is 3.49. The molecular weight excluding hydrogens is 158 g/mol. The summed E-state index contributed by atoms with van der Waals surface area (Å²) in [7, 11) is 0. The van der Waals surface area contributed by atoms with Crippen LogP contribution >= 0.6 is 0 Å². The molecule has 0 fully saturated rings. The Labute approximate surface area is 72.0 Å². The van der Waals surface area contributed by atoms with E-state index < -0.39 is 6.10 Å². The molecule has 0 bridgehead atoms. The number of azide groups is 1. The Bertz CT molecular complexity index is 170. The molecule has 12 heavy (non-hydrogen) atoms. The molecule has 5 nitrogen and oxygen atoms in total. The number of nitrogens with zero attached hydrogens (tertiary/aromatic N) is 3. The van der Waals surface area contributed by atoms with E-state index in [0.717, 1.165) is 0 Å². The molecule has 0 radical (unpaired) electrons. The van der Waals surface area contributed by atoms with Crippen molar-refractivity contribution in [3.63, 3.8) is 0 Å². The van der Waals surface area contributed by atoms with E-state index >= 15 is 0 Å². The average Bonchev–Trinajstić information content (AvgIpc) is 1.95. The molecule has 0 heterocycles. The Morgan fingerprint density at radius 3 is 2.58 bits per heavy atom. The van der Waals surface area contributed by atoms with E-state index in [1.165, 1.54) is 0 Å². The van der Waals surface area contributed by atoms with Crippen LogP contribution in [0, 0.1) is 0 Å². The third-order valence-electron chi connectivity index (χ3n) is 1.06. The summed E-state index contributed by atoms with van der Waals surface area (Å²) in [4.78, 5) is 2.53. The van der Waals surface area contributed by atoms with Gasteiger partial charge >= 0.3 is 0 Å². The molecule has 1 atom stereocenters. The Morgan fingerprint density at radius 1 is 1.58 bits per heavy atom. The number of ether oxygens (including phenoxy) is 1. The Morgan fingerprint density at radius 2 is 2.17 bits per heavy atom. The normalized spacial score (nSPS) is 13.7. The first-order valence-corrected chi connectivity index (χ1v) is 3.78. The van der Waals surface area contributed by atoms with Gasteiger partial charge in [-0.15, -0.1) is 0 Å². The molecule has 0 aromatic heterocycles. The van der Waals surface area contributed by atoms with Gasteiger partial charge in [0.25, 0.3) is 0 Å². The summed E-state index contributed by atoms with van der Waals surface area (Å²) in [5.41, 5.74) is 7.68. The standard InChI is InChI=1S/C7H15N3O2/c1-7(2,3)12-5-6(11)4-9-10-8/h6,11H,4-5H2,1-3H3/t6-/m1/s1. The van der Waals surface area contributed by atoms with Crippen LogP contribution in [0.1, 0.15) is 20.8 Å². The van der Waals surface area contributed by atoms with Gasteiger partial charge in [-0.2, -0.15) is 0 Å². The number of rotatable bonds is 4. The fraction of sp³-hybridized carbons (Fsp3) is 1.00. The highest BCUT2D eigenvalue weighted by molar-refractivity contribution is 4.63. The van der Waals surface area contributed by atoms with Gasteiger partial charge in [0, 0.05) is 4.91 Å². The molecule has 0 spiro atoms. The first-order valence-electron chi connectivity index (χ1n) is 3.78. The fourth-order valence-electron chi connectivity index (χ4n) is 0.530. The summed E-state index contributed by atoms with van der Waals surface area (Å²) in [6.45, 7) is 5.95. The van der Waals surface area contributed by atoms with Crippen molar-refractivity contribution in [1.29, 1.82) is 0 Å². The molecule has 0 aromatic carbocycles. The summed E-state index contributed by atoms with van der Waals surface area (Å²) in [6, 6.07) is 0. The highest BCUT2D eigenvalue weighted by atomic mass is 16.5. The van der Waals surface area contributed by atoms with Crippen LogP contribution in [0.15, 0.2) is 5.11 Å². The Kier molecular flexibility index (Phi) is 4.66. The van der Waals surface area contributed by atoms with Crippen molar-refractivity contribution < 1.29 is 9.84 Å². The highest BCUT2D eigenvalue weighted by Gasteiger charge is 2.12. The zero-order valence-corrected chi connectivity index (χ0v) is 7.69. The molecule has 0 aliphatic rings. The molecule has 0 rings (SSSR count). The van der Waals surface area contributed by atoms with Crippen molar-refractivity contribution in [1.82, 2.24) is 0 Å². The van der Waals surface area contributed by atoms with Crippen LogP contribution in [0.2, 0.25) is 0 Å². The molecule has 5 heteroatoms. The number of aliphatic hydroxyl groups is 1. The molecule has 0 amide bonds. The molecule has 0 aromatic rings. The van der Waals surface area contributed by atoms with Crippen LogP contribution in [0.5, 0.6) is 0 Å². The first-order chi connectivity index (χ1) is 5.45. The van der Waals surface area contributed by atoms with Crippen molar-refractivity contribution in [2.45, 2.75) is 32.5 Å². The van der Waals surface area contributed by atoms with Crippen LogP contribution in [0.4, 0.5) is 0 Å². The SMILES string of the molecule is CC(C)(C)OC[C@H](O)CN=[N+]=[N-]. The van der Waals surface area contributed by atoms with Crippen LogP contribution in [0.25, 0.3) is 10.4 Å². The molecular formula is C7H15N3O2. The van der Waals surface area contributed by atoms with Gasteiger partial charge in [0.1, 0.15) is 0 Å². The van der Waals surface area contributed by atoms with E-state index in [9.17, 15) is 0 Å². The smallest absolute Gasteiger partial charge is 0.0830 e. The van der Waals surface area contributed by atoms with Crippen molar-refractivity contribution in [3.8, 4) is 0 Å². The minimum absolute atomic E-state index is 0.0621. The van der Waals surface area contributed by atoms with Gasteiger partial charge in [-0.1, -0.05) is 5.11 Å². The maximum Gasteiger partial charge on any atom is 0.0830 e. The monoisotopic (exact) mass is 173 g/mol. The Hall–Kier alpha value is -0.770. The number of hydrogen-bond donors (Lipinski definition) is 1. The van der Waals surface area contributed by atoms with Crippen LogP contribution in [-0.2, 0) is 4.74 Å². The van der Waals surface area contributed by atoms with Gasteiger partial charge in [0.05, 0.1) is 24.9 Å². The van der Waals surface area contributed by atoms with Crippen LogP contribution < -0.4 is 0 Å². The van der Waals surface area contributed by atoms with Gasteiger partial charge in [0.15, 0.2) is 0 Å². The zero-order chi connectivity index (χ0) is 9.61. The number of hydrogen-bond acceptors (Lipinski definition) is 3. The molecule has 0 saturated carbocycles. The molecule has 1 N–H and O–H groups in total. The minimum atomic E-state index is -0.708. The molecule has 0 aliphatic carbocycles. The second-order valence-electron chi connectivity index (χ2n) is 3.49.